The molecule has 136 valence electrons. The summed E-state index contributed by atoms with van der Waals surface area (Å²) in [5.41, 5.74) is 6.96. The van der Waals surface area contributed by atoms with Gasteiger partial charge in [-0.05, 0) is 101 Å². The number of nitrogens with two attached hydrogens (primary N) is 1. The summed E-state index contributed by atoms with van der Waals surface area (Å²) in [6.45, 7) is 4.23. The van der Waals surface area contributed by atoms with Crippen LogP contribution in [-0.2, 0) is 5.60 Å². The Balaban J connectivity index is 2.27. The zero-order valence-electron chi connectivity index (χ0n) is 14.8. The third-order valence-electron chi connectivity index (χ3n) is 5.50. The van der Waals surface area contributed by atoms with Crippen molar-refractivity contribution in [2.75, 3.05) is 25.9 Å². The van der Waals surface area contributed by atoms with Gasteiger partial charge in [0.1, 0.15) is 0 Å². The molecule has 1 unspecified atom stereocenters. The lowest BCUT2D eigenvalue weighted by Gasteiger charge is -2.40. The Kier molecular flexibility index (Phi) is 7.60. The summed E-state index contributed by atoms with van der Waals surface area (Å²) in [4.78, 5) is 2.30. The lowest BCUT2D eigenvalue weighted by atomic mass is 9.71. The van der Waals surface area contributed by atoms with E-state index >= 15 is 0 Å². The number of nitrogens with zero attached hydrogens (tertiary/aromatic N) is 1. The smallest absolute Gasteiger partial charge is 0.0925 e. The van der Waals surface area contributed by atoms with E-state index in [0.29, 0.717) is 11.6 Å². The summed E-state index contributed by atoms with van der Waals surface area (Å²) in [5, 5.41) is 11.7. The number of rotatable bonds is 7. The maximum absolute atomic E-state index is 11.7. The van der Waals surface area contributed by atoms with E-state index in [9.17, 15) is 5.11 Å². The van der Waals surface area contributed by atoms with Gasteiger partial charge in [0.2, 0.25) is 0 Å². The zero-order chi connectivity index (χ0) is 17.7. The fraction of sp³-hybridized carbons (Fsp3) is 0.684. The van der Waals surface area contributed by atoms with Crippen molar-refractivity contribution in [2.24, 2.45) is 5.92 Å². The van der Waals surface area contributed by atoms with Crippen LogP contribution in [-0.4, -0.2) is 30.1 Å². The molecule has 0 spiro atoms. The van der Waals surface area contributed by atoms with Crippen molar-refractivity contribution in [3.8, 4) is 0 Å². The van der Waals surface area contributed by atoms with Crippen molar-refractivity contribution in [1.82, 2.24) is 4.90 Å². The minimum atomic E-state index is -0.770. The van der Waals surface area contributed by atoms with Crippen LogP contribution in [0.2, 0.25) is 0 Å². The van der Waals surface area contributed by atoms with Gasteiger partial charge < -0.3 is 15.7 Å². The second-order valence-corrected chi connectivity index (χ2v) is 8.82. The number of anilines is 1. The summed E-state index contributed by atoms with van der Waals surface area (Å²) >= 11 is 7.08. The second kappa shape index (κ2) is 9.02. The highest BCUT2D eigenvalue weighted by molar-refractivity contribution is 9.11. The van der Waals surface area contributed by atoms with Crippen LogP contribution in [0.4, 0.5) is 5.69 Å². The van der Waals surface area contributed by atoms with E-state index < -0.39 is 5.60 Å². The first-order valence-corrected chi connectivity index (χ1v) is 10.6. The summed E-state index contributed by atoms with van der Waals surface area (Å²) in [6, 6.07) is 4.02. The van der Waals surface area contributed by atoms with E-state index in [1.165, 1.54) is 19.3 Å². The predicted molar refractivity (Wildman–Crippen MR) is 109 cm³/mol. The molecule has 3 nitrogen and oxygen atoms in total. The van der Waals surface area contributed by atoms with Gasteiger partial charge in [-0.3, -0.25) is 0 Å². The van der Waals surface area contributed by atoms with Gasteiger partial charge in [0.15, 0.2) is 0 Å². The third-order valence-corrected chi connectivity index (χ3v) is 6.81. The van der Waals surface area contributed by atoms with Crippen LogP contribution in [0.3, 0.4) is 0 Å². The molecule has 1 aromatic carbocycles. The molecule has 1 aromatic rings. The lowest BCUT2D eigenvalue weighted by Crippen LogP contribution is -2.37. The monoisotopic (exact) mass is 460 g/mol. The maximum atomic E-state index is 11.7. The molecule has 2 rings (SSSR count). The molecule has 1 saturated carbocycles. The average Bonchev–Trinajstić information content (AvgIpc) is 2.59. The van der Waals surface area contributed by atoms with E-state index in [1.807, 2.05) is 12.1 Å². The first-order chi connectivity index (χ1) is 11.4. The van der Waals surface area contributed by atoms with Crippen molar-refractivity contribution >= 4 is 37.5 Å². The molecule has 0 amide bonds. The normalized spacial score (nSPS) is 18.8. The quantitative estimate of drug-likeness (QED) is 0.542. The summed E-state index contributed by atoms with van der Waals surface area (Å²) < 4.78 is 1.71. The van der Waals surface area contributed by atoms with Crippen molar-refractivity contribution in [3.63, 3.8) is 0 Å². The molecular formula is C19H30Br2N2O. The number of benzene rings is 1. The Labute approximate surface area is 163 Å². The van der Waals surface area contributed by atoms with E-state index in [4.69, 9.17) is 5.73 Å². The van der Waals surface area contributed by atoms with Gasteiger partial charge in [-0.2, -0.15) is 0 Å². The Morgan fingerprint density at radius 1 is 1.21 bits per heavy atom. The standard InChI is InChI=1S/C19H30Br2N2O/c1-3-23(2)11-7-10-19(24,14-8-5-4-6-9-14)15-12-16(20)18(22)17(21)13-15/h12-14,24H,3-11,22H2,1-2H3. The molecular weight excluding hydrogens is 432 g/mol. The van der Waals surface area contributed by atoms with Crippen molar-refractivity contribution in [3.05, 3.63) is 26.6 Å². The van der Waals surface area contributed by atoms with E-state index in [2.05, 4.69) is 50.7 Å². The maximum Gasteiger partial charge on any atom is 0.0925 e. The Morgan fingerprint density at radius 2 is 1.79 bits per heavy atom. The average molecular weight is 462 g/mol. The minimum Gasteiger partial charge on any atom is -0.397 e. The number of hydrogen-bond acceptors (Lipinski definition) is 3. The van der Waals surface area contributed by atoms with Gasteiger partial charge >= 0.3 is 0 Å². The van der Waals surface area contributed by atoms with Gasteiger partial charge in [0.05, 0.1) is 11.3 Å². The molecule has 3 N–H and O–H groups in total. The number of hydrogen-bond donors (Lipinski definition) is 2. The van der Waals surface area contributed by atoms with Crippen LogP contribution < -0.4 is 5.73 Å². The highest BCUT2D eigenvalue weighted by Gasteiger charge is 2.39. The Bertz CT molecular complexity index is 523. The molecule has 0 bridgehead atoms. The minimum absolute atomic E-state index is 0.334. The third kappa shape index (κ3) is 4.75. The van der Waals surface area contributed by atoms with Gasteiger partial charge in [0.25, 0.3) is 0 Å². The molecule has 0 aromatic heterocycles. The molecule has 1 fully saturated rings. The van der Waals surface area contributed by atoms with Crippen LogP contribution in [0.5, 0.6) is 0 Å². The van der Waals surface area contributed by atoms with Crippen molar-refractivity contribution < 1.29 is 5.11 Å². The number of aliphatic hydroxyl groups is 1. The van der Waals surface area contributed by atoms with Crippen LogP contribution in [0.15, 0.2) is 21.1 Å². The van der Waals surface area contributed by atoms with Gasteiger partial charge in [-0.25, -0.2) is 0 Å². The molecule has 1 aliphatic carbocycles. The second-order valence-electron chi connectivity index (χ2n) is 7.11. The van der Waals surface area contributed by atoms with Crippen LogP contribution in [0.25, 0.3) is 0 Å². The summed E-state index contributed by atoms with van der Waals surface area (Å²) in [7, 11) is 2.13. The molecule has 0 radical (unpaired) electrons. The van der Waals surface area contributed by atoms with Crippen LogP contribution >= 0.6 is 31.9 Å². The summed E-state index contributed by atoms with van der Waals surface area (Å²) in [6.07, 6.45) is 7.75. The van der Waals surface area contributed by atoms with Gasteiger partial charge in [-0.15, -0.1) is 0 Å². The Hall–Kier alpha value is -0.100. The molecule has 24 heavy (non-hydrogen) atoms. The molecule has 0 heterocycles. The number of nitrogen functional groups attached to an aromatic ring is 1. The van der Waals surface area contributed by atoms with Crippen LogP contribution in [0, 0.1) is 5.92 Å². The van der Waals surface area contributed by atoms with E-state index in [0.717, 1.165) is 53.3 Å². The fourth-order valence-electron chi connectivity index (χ4n) is 3.78. The number of halogens is 2. The predicted octanol–water partition coefficient (Wildman–Crippen LogP) is 5.29. The Morgan fingerprint density at radius 3 is 2.33 bits per heavy atom. The van der Waals surface area contributed by atoms with Gasteiger partial charge in [0, 0.05) is 8.95 Å². The molecule has 1 atom stereocenters. The molecule has 1 aliphatic rings. The van der Waals surface area contributed by atoms with E-state index in [-0.39, 0.29) is 0 Å². The molecule has 0 saturated heterocycles. The van der Waals surface area contributed by atoms with Crippen LogP contribution in [0.1, 0.15) is 57.4 Å². The first-order valence-electron chi connectivity index (χ1n) is 9.04. The molecule has 0 aliphatic heterocycles. The fourth-order valence-corrected chi connectivity index (χ4v) is 4.96. The largest absolute Gasteiger partial charge is 0.397 e. The molecule has 5 heteroatoms. The van der Waals surface area contributed by atoms with E-state index in [1.54, 1.807) is 0 Å². The first kappa shape index (κ1) is 20.2. The summed E-state index contributed by atoms with van der Waals surface area (Å²) in [5.74, 6) is 0.334. The zero-order valence-corrected chi connectivity index (χ0v) is 18.0. The highest BCUT2D eigenvalue weighted by Crippen LogP contribution is 2.45. The lowest BCUT2D eigenvalue weighted by molar-refractivity contribution is -0.0487. The topological polar surface area (TPSA) is 49.5 Å². The van der Waals surface area contributed by atoms with Crippen molar-refractivity contribution in [1.29, 1.82) is 0 Å². The van der Waals surface area contributed by atoms with Gasteiger partial charge in [-0.1, -0.05) is 26.2 Å². The van der Waals surface area contributed by atoms with Crippen molar-refractivity contribution in [2.45, 2.75) is 57.5 Å². The SMILES string of the molecule is CCN(C)CCCC(O)(c1cc(Br)c(N)c(Br)c1)C1CCCCC1. The highest BCUT2D eigenvalue weighted by atomic mass is 79.9.